The predicted molar refractivity (Wildman–Crippen MR) is 81.4 cm³/mol. The summed E-state index contributed by atoms with van der Waals surface area (Å²) >= 11 is 15.6. The molecule has 0 aliphatic carbocycles. The van der Waals surface area contributed by atoms with Crippen LogP contribution < -0.4 is 5.73 Å². The molecule has 2 N–H and O–H groups in total. The summed E-state index contributed by atoms with van der Waals surface area (Å²) in [7, 11) is 0. The Morgan fingerprint density at radius 2 is 1.83 bits per heavy atom. The molecule has 0 aliphatic heterocycles. The van der Waals surface area contributed by atoms with E-state index >= 15 is 0 Å². The topological polar surface area (TPSA) is 26.0 Å². The Kier molecular flexibility index (Phi) is 4.33. The van der Waals surface area contributed by atoms with Crippen molar-refractivity contribution in [1.82, 2.24) is 0 Å². The molecular weight excluding hydrogens is 333 g/mol. The highest BCUT2D eigenvalue weighted by atomic mass is 79.9. The Morgan fingerprint density at radius 1 is 1.11 bits per heavy atom. The largest absolute Gasteiger partial charge is 0.320 e. The first-order valence-corrected chi connectivity index (χ1v) is 7.00. The molecule has 1 atom stereocenters. The number of hydrogen-bond donors (Lipinski definition) is 1. The van der Waals surface area contributed by atoms with Gasteiger partial charge in [-0.15, -0.1) is 0 Å². The zero-order chi connectivity index (χ0) is 13.3. The Labute approximate surface area is 125 Å². The van der Waals surface area contributed by atoms with Gasteiger partial charge in [0.25, 0.3) is 0 Å². The van der Waals surface area contributed by atoms with Gasteiger partial charge in [0.1, 0.15) is 0 Å². The second kappa shape index (κ2) is 5.62. The average molecular weight is 345 g/mol. The smallest absolute Gasteiger partial charge is 0.0567 e. The van der Waals surface area contributed by atoms with Gasteiger partial charge in [-0.3, -0.25) is 0 Å². The van der Waals surface area contributed by atoms with Crippen molar-refractivity contribution >= 4 is 39.1 Å². The molecule has 0 radical (unpaired) electrons. The van der Waals surface area contributed by atoms with Crippen molar-refractivity contribution in [2.75, 3.05) is 0 Å². The summed E-state index contributed by atoms with van der Waals surface area (Å²) in [6.45, 7) is 2.03. The zero-order valence-corrected chi connectivity index (χ0v) is 12.9. The fourth-order valence-electron chi connectivity index (χ4n) is 1.88. The molecule has 94 valence electrons. The number of aryl methyl sites for hydroxylation is 1. The predicted octanol–water partition coefficient (Wildman–Crippen LogP) is 5.11. The summed E-state index contributed by atoms with van der Waals surface area (Å²) < 4.78 is 1.01. The molecule has 1 nitrogen and oxygen atoms in total. The van der Waals surface area contributed by atoms with Crippen molar-refractivity contribution in [2.45, 2.75) is 13.0 Å². The molecule has 0 heterocycles. The van der Waals surface area contributed by atoms with E-state index in [0.717, 1.165) is 21.2 Å². The molecule has 0 saturated heterocycles. The molecule has 0 aromatic heterocycles. The minimum atomic E-state index is -0.285. The lowest BCUT2D eigenvalue weighted by Gasteiger charge is -2.15. The van der Waals surface area contributed by atoms with Gasteiger partial charge in [0.2, 0.25) is 0 Å². The quantitative estimate of drug-likeness (QED) is 0.804. The Morgan fingerprint density at radius 3 is 2.50 bits per heavy atom. The Balaban J connectivity index is 2.47. The number of hydrogen-bond acceptors (Lipinski definition) is 1. The van der Waals surface area contributed by atoms with Crippen LogP contribution in [0.1, 0.15) is 22.7 Å². The van der Waals surface area contributed by atoms with Gasteiger partial charge < -0.3 is 5.73 Å². The van der Waals surface area contributed by atoms with Gasteiger partial charge in [-0.1, -0.05) is 45.2 Å². The van der Waals surface area contributed by atoms with Crippen LogP contribution in [0.25, 0.3) is 0 Å². The second-order valence-electron chi connectivity index (χ2n) is 4.21. The number of nitrogens with two attached hydrogens (primary N) is 1. The van der Waals surface area contributed by atoms with E-state index in [1.54, 1.807) is 12.1 Å². The summed E-state index contributed by atoms with van der Waals surface area (Å²) in [4.78, 5) is 0. The molecule has 2 rings (SSSR count). The van der Waals surface area contributed by atoms with E-state index in [2.05, 4.69) is 15.9 Å². The van der Waals surface area contributed by atoms with Crippen molar-refractivity contribution in [1.29, 1.82) is 0 Å². The molecule has 2 aromatic carbocycles. The third-order valence-electron chi connectivity index (χ3n) is 2.72. The SMILES string of the molecule is Cc1cc(Br)cc(C(N)c2cc(Cl)ccc2Cl)c1. The van der Waals surface area contributed by atoms with Gasteiger partial charge in [0.15, 0.2) is 0 Å². The number of rotatable bonds is 2. The highest BCUT2D eigenvalue weighted by Gasteiger charge is 2.14. The molecular formula is C14H12BrCl2N. The van der Waals surface area contributed by atoms with Gasteiger partial charge in [-0.2, -0.15) is 0 Å². The van der Waals surface area contributed by atoms with Crippen LogP contribution in [-0.2, 0) is 0 Å². The van der Waals surface area contributed by atoms with Crippen LogP contribution in [0.5, 0.6) is 0 Å². The second-order valence-corrected chi connectivity index (χ2v) is 5.96. The van der Waals surface area contributed by atoms with E-state index in [1.807, 2.05) is 31.2 Å². The van der Waals surface area contributed by atoms with Crippen molar-refractivity contribution < 1.29 is 0 Å². The first-order chi connectivity index (χ1) is 8.47. The maximum atomic E-state index is 6.26. The Bertz CT molecular complexity index is 564. The highest BCUT2D eigenvalue weighted by Crippen LogP contribution is 2.30. The third-order valence-corrected chi connectivity index (χ3v) is 3.75. The normalized spacial score (nSPS) is 12.5. The Hall–Kier alpha value is -0.540. The van der Waals surface area contributed by atoms with Crippen LogP contribution in [0.15, 0.2) is 40.9 Å². The van der Waals surface area contributed by atoms with Crippen molar-refractivity contribution in [2.24, 2.45) is 5.73 Å². The first kappa shape index (κ1) is 13.9. The minimum absolute atomic E-state index is 0.285. The fraction of sp³-hybridized carbons (Fsp3) is 0.143. The molecule has 0 amide bonds. The maximum absolute atomic E-state index is 6.26. The highest BCUT2D eigenvalue weighted by molar-refractivity contribution is 9.10. The molecule has 4 heteroatoms. The molecule has 2 aromatic rings. The van der Waals surface area contributed by atoms with Crippen LogP contribution in [0, 0.1) is 6.92 Å². The van der Waals surface area contributed by atoms with Crippen molar-refractivity contribution in [3.05, 3.63) is 67.6 Å². The van der Waals surface area contributed by atoms with Crippen LogP contribution >= 0.6 is 39.1 Å². The van der Waals surface area contributed by atoms with E-state index in [0.29, 0.717) is 10.0 Å². The van der Waals surface area contributed by atoms with Crippen LogP contribution in [-0.4, -0.2) is 0 Å². The summed E-state index contributed by atoms with van der Waals surface area (Å²) in [5.41, 5.74) is 9.25. The zero-order valence-electron chi connectivity index (χ0n) is 9.75. The van der Waals surface area contributed by atoms with Gasteiger partial charge in [-0.05, 0) is 53.9 Å². The fourth-order valence-corrected chi connectivity index (χ4v) is 2.92. The number of halogens is 3. The standard InChI is InChI=1S/C14H12BrCl2N/c1-8-4-9(6-10(15)5-8)14(18)12-7-11(16)2-3-13(12)17/h2-7,14H,18H2,1H3. The van der Waals surface area contributed by atoms with E-state index < -0.39 is 0 Å². The lowest BCUT2D eigenvalue weighted by atomic mass is 9.98. The first-order valence-electron chi connectivity index (χ1n) is 5.45. The maximum Gasteiger partial charge on any atom is 0.0567 e. The molecule has 0 aliphatic rings. The lowest BCUT2D eigenvalue weighted by molar-refractivity contribution is 0.869. The lowest BCUT2D eigenvalue weighted by Crippen LogP contribution is -2.12. The molecule has 0 saturated carbocycles. The molecule has 0 fully saturated rings. The van der Waals surface area contributed by atoms with Crippen LogP contribution in [0.2, 0.25) is 10.0 Å². The average Bonchev–Trinajstić information content (AvgIpc) is 2.30. The minimum Gasteiger partial charge on any atom is -0.320 e. The van der Waals surface area contributed by atoms with Gasteiger partial charge >= 0.3 is 0 Å². The molecule has 0 spiro atoms. The van der Waals surface area contributed by atoms with Crippen molar-refractivity contribution in [3.8, 4) is 0 Å². The van der Waals surface area contributed by atoms with E-state index in [9.17, 15) is 0 Å². The van der Waals surface area contributed by atoms with Gasteiger partial charge in [0.05, 0.1) is 6.04 Å². The van der Waals surface area contributed by atoms with Crippen molar-refractivity contribution in [3.63, 3.8) is 0 Å². The molecule has 0 bridgehead atoms. The van der Waals surface area contributed by atoms with Crippen LogP contribution in [0.4, 0.5) is 0 Å². The van der Waals surface area contributed by atoms with E-state index in [1.165, 1.54) is 0 Å². The van der Waals surface area contributed by atoms with E-state index in [-0.39, 0.29) is 6.04 Å². The van der Waals surface area contributed by atoms with Gasteiger partial charge in [0, 0.05) is 14.5 Å². The molecule has 1 unspecified atom stereocenters. The summed E-state index contributed by atoms with van der Waals surface area (Å²) in [6, 6.07) is 11.1. The third kappa shape index (κ3) is 3.07. The summed E-state index contributed by atoms with van der Waals surface area (Å²) in [5.74, 6) is 0. The van der Waals surface area contributed by atoms with Gasteiger partial charge in [-0.25, -0.2) is 0 Å². The van der Waals surface area contributed by atoms with Crippen LogP contribution in [0.3, 0.4) is 0 Å². The number of benzene rings is 2. The summed E-state index contributed by atoms with van der Waals surface area (Å²) in [6.07, 6.45) is 0. The monoisotopic (exact) mass is 343 g/mol. The van der Waals surface area contributed by atoms with E-state index in [4.69, 9.17) is 28.9 Å². The molecule has 18 heavy (non-hydrogen) atoms. The summed E-state index contributed by atoms with van der Waals surface area (Å²) in [5, 5.41) is 1.26.